The molecule has 0 atom stereocenters. The first-order chi connectivity index (χ1) is 11.8. The number of H-pyrrole nitrogens is 1. The quantitative estimate of drug-likeness (QED) is 0.726. The fourth-order valence-corrected chi connectivity index (χ4v) is 3.51. The molecule has 2 heterocycles. The van der Waals surface area contributed by atoms with Crippen molar-refractivity contribution in [3.05, 3.63) is 65.4 Å². The number of amides is 2. The van der Waals surface area contributed by atoms with E-state index in [4.69, 9.17) is 0 Å². The van der Waals surface area contributed by atoms with Crippen LogP contribution < -0.4 is 5.32 Å². The molecular formula is C20H21N3O. The number of nitrogens with one attached hydrogen (secondary N) is 2. The fourth-order valence-electron chi connectivity index (χ4n) is 3.51. The Morgan fingerprint density at radius 2 is 1.96 bits per heavy atom. The van der Waals surface area contributed by atoms with Crippen LogP contribution in [0.15, 0.2) is 48.5 Å². The molecule has 122 valence electrons. The van der Waals surface area contributed by atoms with E-state index in [0.29, 0.717) is 6.54 Å². The Morgan fingerprint density at radius 3 is 2.83 bits per heavy atom. The Balaban J connectivity index is 1.55. The number of rotatable bonds is 2. The van der Waals surface area contributed by atoms with Gasteiger partial charge >= 0.3 is 6.03 Å². The lowest BCUT2D eigenvalue weighted by molar-refractivity contribution is 0.206. The van der Waals surface area contributed by atoms with Crippen LogP contribution in [0.4, 0.5) is 10.5 Å². The van der Waals surface area contributed by atoms with E-state index in [1.165, 1.54) is 10.9 Å². The van der Waals surface area contributed by atoms with Crippen LogP contribution in [-0.4, -0.2) is 22.5 Å². The second kappa shape index (κ2) is 6.04. The van der Waals surface area contributed by atoms with Gasteiger partial charge in [0.15, 0.2) is 0 Å². The minimum absolute atomic E-state index is 0.0276. The van der Waals surface area contributed by atoms with Gasteiger partial charge in [-0.25, -0.2) is 4.79 Å². The summed E-state index contributed by atoms with van der Waals surface area (Å²) in [5.41, 5.74) is 5.73. The van der Waals surface area contributed by atoms with Crippen molar-refractivity contribution in [2.75, 3.05) is 11.9 Å². The first kappa shape index (κ1) is 14.8. The number of carbonyl (C=O) groups excluding carboxylic acids is 1. The Morgan fingerprint density at radius 1 is 1.17 bits per heavy atom. The highest BCUT2D eigenvalue weighted by atomic mass is 16.2. The molecule has 2 N–H and O–H groups in total. The van der Waals surface area contributed by atoms with E-state index in [2.05, 4.69) is 41.5 Å². The predicted octanol–water partition coefficient (Wildman–Crippen LogP) is 4.32. The molecule has 2 aromatic carbocycles. The zero-order valence-electron chi connectivity index (χ0n) is 13.8. The molecule has 0 fully saturated rings. The maximum atomic E-state index is 12.7. The van der Waals surface area contributed by atoms with E-state index in [0.717, 1.165) is 41.8 Å². The summed E-state index contributed by atoms with van der Waals surface area (Å²) >= 11 is 0. The van der Waals surface area contributed by atoms with Gasteiger partial charge in [0.05, 0.1) is 6.54 Å². The lowest BCUT2D eigenvalue weighted by atomic mass is 10.0. The number of benzene rings is 2. The molecule has 0 radical (unpaired) electrons. The summed E-state index contributed by atoms with van der Waals surface area (Å²) in [4.78, 5) is 18.0. The lowest BCUT2D eigenvalue weighted by Gasteiger charge is -2.27. The van der Waals surface area contributed by atoms with Crippen molar-refractivity contribution in [2.45, 2.75) is 26.3 Å². The van der Waals surface area contributed by atoms with Gasteiger partial charge in [0.2, 0.25) is 0 Å². The monoisotopic (exact) mass is 319 g/mol. The normalized spacial score (nSPS) is 13.8. The van der Waals surface area contributed by atoms with E-state index < -0.39 is 0 Å². The standard InChI is InChI=1S/C20H21N3O/c1-2-14-7-3-5-9-17(14)22-20(24)23-12-11-16-15-8-4-6-10-18(15)21-19(16)13-23/h3-10,21H,2,11-13H2,1H3,(H,22,24). The maximum Gasteiger partial charge on any atom is 0.322 e. The van der Waals surface area contributed by atoms with Crippen molar-refractivity contribution in [1.29, 1.82) is 0 Å². The average molecular weight is 319 g/mol. The second-order valence-corrected chi connectivity index (χ2v) is 6.24. The van der Waals surface area contributed by atoms with Crippen molar-refractivity contribution in [3.8, 4) is 0 Å². The van der Waals surface area contributed by atoms with Crippen LogP contribution in [0.1, 0.15) is 23.7 Å². The third-order valence-corrected chi connectivity index (χ3v) is 4.81. The SMILES string of the molecule is CCc1ccccc1NC(=O)N1CCc2c([nH]c3ccccc23)C1. The van der Waals surface area contributed by atoms with Crippen molar-refractivity contribution in [1.82, 2.24) is 9.88 Å². The summed E-state index contributed by atoms with van der Waals surface area (Å²) in [6, 6.07) is 16.3. The minimum atomic E-state index is -0.0276. The summed E-state index contributed by atoms with van der Waals surface area (Å²) < 4.78 is 0. The van der Waals surface area contributed by atoms with Crippen LogP contribution in [0.2, 0.25) is 0 Å². The summed E-state index contributed by atoms with van der Waals surface area (Å²) in [5.74, 6) is 0. The van der Waals surface area contributed by atoms with Crippen LogP contribution in [0.3, 0.4) is 0 Å². The van der Waals surface area contributed by atoms with Crippen molar-refractivity contribution < 1.29 is 4.79 Å². The molecule has 0 saturated carbocycles. The van der Waals surface area contributed by atoms with Gasteiger partial charge in [-0.1, -0.05) is 43.3 Å². The van der Waals surface area contributed by atoms with Gasteiger partial charge in [0.1, 0.15) is 0 Å². The lowest BCUT2D eigenvalue weighted by Crippen LogP contribution is -2.39. The number of aromatic amines is 1. The van der Waals surface area contributed by atoms with Crippen LogP contribution >= 0.6 is 0 Å². The predicted molar refractivity (Wildman–Crippen MR) is 97.3 cm³/mol. The number of fused-ring (bicyclic) bond motifs is 3. The summed E-state index contributed by atoms with van der Waals surface area (Å²) in [6.07, 6.45) is 1.80. The molecule has 4 rings (SSSR count). The van der Waals surface area contributed by atoms with Crippen LogP contribution in [0.5, 0.6) is 0 Å². The van der Waals surface area contributed by atoms with Crippen molar-refractivity contribution >= 4 is 22.6 Å². The Kier molecular flexibility index (Phi) is 3.73. The number of aryl methyl sites for hydroxylation is 1. The van der Waals surface area contributed by atoms with E-state index in [1.54, 1.807) is 0 Å². The number of carbonyl (C=O) groups is 1. The molecule has 1 aliphatic heterocycles. The molecule has 4 nitrogen and oxygen atoms in total. The number of hydrogen-bond acceptors (Lipinski definition) is 1. The summed E-state index contributed by atoms with van der Waals surface area (Å²) in [7, 11) is 0. The second-order valence-electron chi connectivity index (χ2n) is 6.24. The largest absolute Gasteiger partial charge is 0.357 e. The molecule has 2 amide bonds. The smallest absolute Gasteiger partial charge is 0.322 e. The molecule has 24 heavy (non-hydrogen) atoms. The molecule has 1 aliphatic rings. The summed E-state index contributed by atoms with van der Waals surface area (Å²) in [5, 5.41) is 4.35. The first-order valence-electron chi connectivity index (χ1n) is 8.48. The van der Waals surface area contributed by atoms with E-state index >= 15 is 0 Å². The molecule has 0 spiro atoms. The molecular weight excluding hydrogens is 298 g/mol. The molecule has 1 aromatic heterocycles. The topological polar surface area (TPSA) is 48.1 Å². The van der Waals surface area contributed by atoms with Crippen molar-refractivity contribution in [2.24, 2.45) is 0 Å². The number of aromatic nitrogens is 1. The van der Waals surface area contributed by atoms with Gasteiger partial charge in [0, 0.05) is 28.8 Å². The van der Waals surface area contributed by atoms with Gasteiger partial charge in [-0.05, 0) is 36.1 Å². The molecule has 0 aliphatic carbocycles. The van der Waals surface area contributed by atoms with E-state index in [9.17, 15) is 4.79 Å². The van der Waals surface area contributed by atoms with Crippen LogP contribution in [-0.2, 0) is 19.4 Å². The Hall–Kier alpha value is -2.75. The van der Waals surface area contributed by atoms with Crippen LogP contribution in [0.25, 0.3) is 10.9 Å². The average Bonchev–Trinajstić information content (AvgIpc) is 3.00. The van der Waals surface area contributed by atoms with Gasteiger partial charge in [-0.3, -0.25) is 0 Å². The zero-order chi connectivity index (χ0) is 16.5. The zero-order valence-corrected chi connectivity index (χ0v) is 13.8. The van der Waals surface area contributed by atoms with Crippen molar-refractivity contribution in [3.63, 3.8) is 0 Å². The highest BCUT2D eigenvalue weighted by Crippen LogP contribution is 2.27. The highest BCUT2D eigenvalue weighted by molar-refractivity contribution is 5.91. The molecule has 3 aromatic rings. The van der Waals surface area contributed by atoms with Gasteiger partial charge in [-0.2, -0.15) is 0 Å². The Labute approximate surface area is 141 Å². The molecule has 0 bridgehead atoms. The Bertz CT molecular complexity index is 897. The highest BCUT2D eigenvalue weighted by Gasteiger charge is 2.24. The molecule has 0 saturated heterocycles. The van der Waals surface area contributed by atoms with Gasteiger partial charge in [0.25, 0.3) is 0 Å². The maximum absolute atomic E-state index is 12.7. The molecule has 0 unspecified atom stereocenters. The number of urea groups is 1. The minimum Gasteiger partial charge on any atom is -0.357 e. The van der Waals surface area contributed by atoms with Gasteiger partial charge in [-0.15, -0.1) is 0 Å². The van der Waals surface area contributed by atoms with Gasteiger partial charge < -0.3 is 15.2 Å². The van der Waals surface area contributed by atoms with E-state index in [1.807, 2.05) is 29.2 Å². The fraction of sp³-hybridized carbons (Fsp3) is 0.250. The van der Waals surface area contributed by atoms with Crippen LogP contribution in [0, 0.1) is 0 Å². The number of hydrogen-bond donors (Lipinski definition) is 2. The number of nitrogens with zero attached hydrogens (tertiary/aromatic N) is 1. The third kappa shape index (κ3) is 2.54. The summed E-state index contributed by atoms with van der Waals surface area (Å²) in [6.45, 7) is 3.47. The molecule has 4 heteroatoms. The number of anilines is 1. The third-order valence-electron chi connectivity index (χ3n) is 4.81. The first-order valence-corrected chi connectivity index (χ1v) is 8.48. The van der Waals surface area contributed by atoms with E-state index in [-0.39, 0.29) is 6.03 Å². The number of para-hydroxylation sites is 2.